The van der Waals surface area contributed by atoms with Gasteiger partial charge in [0.25, 0.3) is 0 Å². The Labute approximate surface area is 379 Å². The van der Waals surface area contributed by atoms with Gasteiger partial charge in [-0.25, -0.2) is 4.57 Å². The quantitative estimate of drug-likeness (QED) is 0.0243. The van der Waals surface area contributed by atoms with Crippen LogP contribution in [0.15, 0.2) is 24.3 Å². The zero-order valence-corrected chi connectivity index (χ0v) is 42.1. The second kappa shape index (κ2) is 44.2. The van der Waals surface area contributed by atoms with Crippen molar-refractivity contribution >= 4 is 13.7 Å². The fraction of sp³-hybridized carbons (Fsp3) is 0.904. The molecule has 0 fully saturated rings. The smallest absolute Gasteiger partial charge is 0.387 e. The van der Waals surface area contributed by atoms with Crippen molar-refractivity contribution in [1.29, 1.82) is 0 Å². The van der Waals surface area contributed by atoms with E-state index in [0.29, 0.717) is 17.4 Å². The summed E-state index contributed by atoms with van der Waals surface area (Å²) in [6, 6.07) is -0.846. The van der Waals surface area contributed by atoms with Crippen LogP contribution in [0.3, 0.4) is 0 Å². The Balaban J connectivity index is 4.30. The average molecular weight is 884 g/mol. The van der Waals surface area contributed by atoms with E-state index in [-0.39, 0.29) is 19.1 Å². The molecule has 0 heterocycles. The summed E-state index contributed by atoms with van der Waals surface area (Å²) in [6.07, 6.45) is 54.0. The molecule has 0 aromatic heterocycles. The third-order valence-electron chi connectivity index (χ3n) is 11.9. The minimum absolute atomic E-state index is 0.0621. The van der Waals surface area contributed by atoms with Gasteiger partial charge in [-0.15, -0.1) is 0 Å². The first-order valence-corrected chi connectivity index (χ1v) is 27.7. The van der Waals surface area contributed by atoms with E-state index < -0.39 is 20.0 Å². The number of quaternary nitrogens is 1. The van der Waals surface area contributed by atoms with E-state index in [1.807, 2.05) is 27.2 Å². The number of nitrogens with one attached hydrogen (secondary N) is 1. The lowest BCUT2D eigenvalue weighted by atomic mass is 10.0. The molecule has 8 nitrogen and oxygen atoms in total. The number of unbranched alkanes of at least 4 members (excludes halogenated alkanes) is 33. The molecule has 0 aliphatic carbocycles. The second-order valence-corrected chi connectivity index (χ2v) is 20.7. The number of carbonyl (C=O) groups is 1. The van der Waals surface area contributed by atoms with Crippen LogP contribution in [0.25, 0.3) is 0 Å². The van der Waals surface area contributed by atoms with Crippen molar-refractivity contribution in [3.63, 3.8) is 0 Å². The number of aliphatic hydroxyl groups is 1. The number of rotatable bonds is 48. The third-order valence-corrected chi connectivity index (χ3v) is 12.9. The van der Waals surface area contributed by atoms with Crippen LogP contribution in [0.1, 0.15) is 251 Å². The topological polar surface area (TPSA) is 105 Å². The zero-order chi connectivity index (χ0) is 45.0. The van der Waals surface area contributed by atoms with Gasteiger partial charge in [0, 0.05) is 6.42 Å². The van der Waals surface area contributed by atoms with Gasteiger partial charge in [-0.1, -0.05) is 224 Å². The molecular weight excluding hydrogens is 780 g/mol. The van der Waals surface area contributed by atoms with Crippen molar-refractivity contribution < 1.29 is 32.9 Å². The number of aliphatic hydroxyl groups excluding tert-OH is 1. The van der Waals surface area contributed by atoms with Crippen LogP contribution in [-0.2, 0) is 18.4 Å². The molecule has 0 bridgehead atoms. The van der Waals surface area contributed by atoms with Crippen molar-refractivity contribution in [1.82, 2.24) is 5.32 Å². The van der Waals surface area contributed by atoms with E-state index in [1.54, 1.807) is 6.08 Å². The average Bonchev–Trinajstić information content (AvgIpc) is 3.21. The molecule has 0 aliphatic heterocycles. The van der Waals surface area contributed by atoms with Gasteiger partial charge in [0.1, 0.15) is 13.2 Å². The predicted octanol–water partition coefficient (Wildman–Crippen LogP) is 15.3. The van der Waals surface area contributed by atoms with E-state index in [9.17, 15) is 19.4 Å². The number of hydrogen-bond acceptors (Lipinski definition) is 5. The molecule has 3 atom stereocenters. The first-order chi connectivity index (χ1) is 29.5. The van der Waals surface area contributed by atoms with Gasteiger partial charge in [0.15, 0.2) is 0 Å². The van der Waals surface area contributed by atoms with E-state index in [1.165, 1.54) is 193 Å². The summed E-state index contributed by atoms with van der Waals surface area (Å²) in [6.45, 7) is 4.84. The number of carbonyl (C=O) groups excluding carboxylic acids is 1. The van der Waals surface area contributed by atoms with Crippen molar-refractivity contribution in [2.75, 3.05) is 40.9 Å². The lowest BCUT2D eigenvalue weighted by Gasteiger charge is -2.25. The summed E-state index contributed by atoms with van der Waals surface area (Å²) in [4.78, 5) is 23.2. The van der Waals surface area contributed by atoms with Gasteiger partial charge in [-0.3, -0.25) is 13.8 Å². The van der Waals surface area contributed by atoms with Gasteiger partial charge in [0.05, 0.1) is 39.9 Å². The Morgan fingerprint density at radius 2 is 0.885 bits per heavy atom. The van der Waals surface area contributed by atoms with Crippen molar-refractivity contribution in [2.24, 2.45) is 0 Å². The Bertz CT molecular complexity index is 1050. The van der Waals surface area contributed by atoms with E-state index in [0.717, 1.165) is 38.5 Å². The van der Waals surface area contributed by atoms with Crippen molar-refractivity contribution in [3.05, 3.63) is 24.3 Å². The van der Waals surface area contributed by atoms with Gasteiger partial charge in [0.2, 0.25) is 5.91 Å². The molecule has 1 amide bonds. The van der Waals surface area contributed by atoms with Crippen LogP contribution in [0.4, 0.5) is 0 Å². The maximum atomic E-state index is 12.9. The minimum Gasteiger partial charge on any atom is -0.387 e. The first-order valence-electron chi connectivity index (χ1n) is 26.2. The zero-order valence-electron chi connectivity index (χ0n) is 41.2. The van der Waals surface area contributed by atoms with Crippen LogP contribution in [0, 0.1) is 0 Å². The predicted molar refractivity (Wildman–Crippen MR) is 263 cm³/mol. The van der Waals surface area contributed by atoms with Crippen LogP contribution in [0.2, 0.25) is 0 Å². The molecule has 3 N–H and O–H groups in total. The molecule has 61 heavy (non-hydrogen) atoms. The number of nitrogens with zero attached hydrogens (tertiary/aromatic N) is 1. The summed E-state index contributed by atoms with van der Waals surface area (Å²) in [7, 11) is 1.58. The molecule has 0 saturated carbocycles. The summed E-state index contributed by atoms with van der Waals surface area (Å²) in [5.74, 6) is -0.179. The molecule has 3 unspecified atom stereocenters. The SMILES string of the molecule is CCCCCCCCCC/C=C\CCCCCCCCCC(=O)NC(COP(=O)(O)OCC[N+](C)(C)C)C(O)/C=C/CCCCCCCCCCCCCCCCCCCC. The molecule has 0 rings (SSSR count). The molecular formula is C52H104N2O6P+. The van der Waals surface area contributed by atoms with Crippen molar-refractivity contribution in [3.8, 4) is 0 Å². The fourth-order valence-corrected chi connectivity index (χ4v) is 8.48. The number of phosphoric acid groups is 1. The summed E-state index contributed by atoms with van der Waals surface area (Å²) < 4.78 is 23.7. The standard InChI is InChI=1S/C52H103N2O6P/c1-6-8-10-12-14-16-18-20-22-24-26-28-29-31-33-35-37-39-41-43-45-51(55)50(49-60-61(57,58)59-48-47-54(3,4)5)53-52(56)46-44-42-40-38-36-34-32-30-27-25-23-21-19-17-15-13-11-9-7-2/h25,27,43,45,50-51,55H,6-24,26,28-42,44,46-49H2,1-5H3,(H-,53,56,57,58)/p+1/b27-25-,45-43+. The lowest BCUT2D eigenvalue weighted by molar-refractivity contribution is -0.870. The Kier molecular flexibility index (Phi) is 43.5. The summed E-state index contributed by atoms with van der Waals surface area (Å²) >= 11 is 0. The van der Waals surface area contributed by atoms with Gasteiger partial charge >= 0.3 is 7.82 Å². The minimum atomic E-state index is -4.34. The number of allylic oxidation sites excluding steroid dienone is 3. The molecule has 9 heteroatoms. The monoisotopic (exact) mass is 884 g/mol. The highest BCUT2D eigenvalue weighted by atomic mass is 31.2. The van der Waals surface area contributed by atoms with Crippen LogP contribution in [0.5, 0.6) is 0 Å². The van der Waals surface area contributed by atoms with Gasteiger partial charge < -0.3 is 19.8 Å². The molecule has 0 saturated heterocycles. The molecule has 362 valence electrons. The highest BCUT2D eigenvalue weighted by Gasteiger charge is 2.27. The van der Waals surface area contributed by atoms with Crippen LogP contribution < -0.4 is 5.32 Å². The Hall–Kier alpha value is -1.02. The van der Waals surface area contributed by atoms with Crippen LogP contribution >= 0.6 is 7.82 Å². The lowest BCUT2D eigenvalue weighted by Crippen LogP contribution is -2.45. The van der Waals surface area contributed by atoms with E-state index in [2.05, 4.69) is 31.3 Å². The van der Waals surface area contributed by atoms with Crippen LogP contribution in [-0.4, -0.2) is 73.4 Å². The van der Waals surface area contributed by atoms with E-state index in [4.69, 9.17) is 9.05 Å². The third kappa shape index (κ3) is 46.8. The van der Waals surface area contributed by atoms with Gasteiger partial charge in [-0.05, 0) is 44.9 Å². The second-order valence-electron chi connectivity index (χ2n) is 19.3. The van der Waals surface area contributed by atoms with Crippen molar-refractivity contribution in [2.45, 2.75) is 264 Å². The molecule has 0 spiro atoms. The largest absolute Gasteiger partial charge is 0.472 e. The highest BCUT2D eigenvalue weighted by Crippen LogP contribution is 2.43. The summed E-state index contributed by atoms with van der Waals surface area (Å²) in [5, 5.41) is 13.9. The molecule has 0 radical (unpaired) electrons. The van der Waals surface area contributed by atoms with Gasteiger partial charge in [-0.2, -0.15) is 0 Å². The maximum Gasteiger partial charge on any atom is 0.472 e. The number of phosphoric ester groups is 1. The number of likely N-dealkylation sites (N-methyl/N-ethyl adjacent to an activating group) is 1. The fourth-order valence-electron chi connectivity index (χ4n) is 7.74. The normalized spacial score (nSPS) is 14.3. The molecule has 0 aromatic carbocycles. The number of hydrogen-bond donors (Lipinski definition) is 3. The summed E-state index contributed by atoms with van der Waals surface area (Å²) in [5.41, 5.74) is 0. The first kappa shape index (κ1) is 60.0. The Morgan fingerprint density at radius 3 is 1.26 bits per heavy atom. The highest BCUT2D eigenvalue weighted by molar-refractivity contribution is 7.47. The Morgan fingerprint density at radius 1 is 0.541 bits per heavy atom. The maximum absolute atomic E-state index is 12.9. The molecule has 0 aromatic rings. The van der Waals surface area contributed by atoms with E-state index >= 15 is 0 Å². The molecule has 0 aliphatic rings. The number of amides is 1.